The van der Waals surface area contributed by atoms with E-state index >= 15 is 0 Å². The second-order valence-electron chi connectivity index (χ2n) is 3.47. The van der Waals surface area contributed by atoms with E-state index in [0.29, 0.717) is 10.2 Å². The van der Waals surface area contributed by atoms with Gasteiger partial charge in [0.2, 0.25) is 0 Å². The highest BCUT2D eigenvalue weighted by atomic mass is 79.9. The van der Waals surface area contributed by atoms with Gasteiger partial charge in [0.25, 0.3) is 15.9 Å². The molecule has 0 radical (unpaired) electrons. The first-order valence-electron chi connectivity index (χ1n) is 4.80. The van der Waals surface area contributed by atoms with E-state index in [-0.39, 0.29) is 10.8 Å². The summed E-state index contributed by atoms with van der Waals surface area (Å²) in [5, 5.41) is 3.59. The maximum Gasteiger partial charge on any atom is 0.264 e. The third-order valence-corrected chi connectivity index (χ3v) is 4.39. The van der Waals surface area contributed by atoms with Crippen LogP contribution in [-0.4, -0.2) is 13.6 Å². The molecule has 0 fully saturated rings. The molecule has 0 aliphatic carbocycles. The van der Waals surface area contributed by atoms with Gasteiger partial charge in [-0.15, -0.1) is 0 Å². The van der Waals surface area contributed by atoms with Gasteiger partial charge in [0.1, 0.15) is 10.3 Å². The largest absolute Gasteiger partial charge is 0.336 e. The van der Waals surface area contributed by atoms with Gasteiger partial charge in [-0.2, -0.15) is 0 Å². The highest BCUT2D eigenvalue weighted by molar-refractivity contribution is 9.10. The van der Waals surface area contributed by atoms with Crippen LogP contribution in [0.25, 0.3) is 0 Å². The summed E-state index contributed by atoms with van der Waals surface area (Å²) in [6, 6.07) is 4.67. The van der Waals surface area contributed by atoms with E-state index < -0.39 is 15.8 Å². The predicted molar refractivity (Wildman–Crippen MR) is 66.1 cm³/mol. The fourth-order valence-corrected chi connectivity index (χ4v) is 2.64. The molecule has 0 unspecified atom stereocenters. The Morgan fingerprint density at radius 3 is 2.72 bits per heavy atom. The molecule has 0 saturated carbocycles. The normalized spacial score (nSPS) is 11.5. The summed E-state index contributed by atoms with van der Waals surface area (Å²) < 4.78 is 44.2. The van der Waals surface area contributed by atoms with Crippen molar-refractivity contribution in [2.24, 2.45) is 0 Å². The smallest absolute Gasteiger partial charge is 0.264 e. The van der Waals surface area contributed by atoms with E-state index in [4.69, 9.17) is 4.52 Å². The minimum atomic E-state index is -3.90. The summed E-state index contributed by atoms with van der Waals surface area (Å²) in [7, 11) is -3.90. The van der Waals surface area contributed by atoms with Crippen molar-refractivity contribution in [3.05, 3.63) is 40.2 Å². The van der Waals surface area contributed by atoms with Gasteiger partial charge < -0.3 is 4.52 Å². The summed E-state index contributed by atoms with van der Waals surface area (Å²) in [6.07, 6.45) is 0. The van der Waals surface area contributed by atoms with E-state index in [1.165, 1.54) is 12.1 Å². The Hall–Kier alpha value is -1.41. The number of aryl methyl sites for hydroxylation is 1. The van der Waals surface area contributed by atoms with Gasteiger partial charge in [-0.3, -0.25) is 0 Å². The first-order valence-corrected chi connectivity index (χ1v) is 7.08. The van der Waals surface area contributed by atoms with Crippen LogP contribution in [-0.2, 0) is 10.0 Å². The van der Waals surface area contributed by atoms with Gasteiger partial charge in [-0.05, 0) is 41.1 Å². The molecule has 2 aromatic rings. The number of nitrogens with zero attached hydrogens (tertiary/aromatic N) is 1. The second-order valence-corrected chi connectivity index (χ2v) is 5.95. The molecular weight excluding hydrogens is 327 g/mol. The van der Waals surface area contributed by atoms with E-state index in [1.807, 2.05) is 0 Å². The van der Waals surface area contributed by atoms with Crippen LogP contribution in [0.2, 0.25) is 0 Å². The van der Waals surface area contributed by atoms with E-state index in [2.05, 4.69) is 25.8 Å². The lowest BCUT2D eigenvalue weighted by atomic mass is 10.4. The number of halogens is 2. The molecule has 8 heteroatoms. The van der Waals surface area contributed by atoms with E-state index in [9.17, 15) is 12.8 Å². The van der Waals surface area contributed by atoms with Crippen molar-refractivity contribution in [3.63, 3.8) is 0 Å². The molecule has 0 aliphatic heterocycles. The molecule has 1 N–H and O–H groups in total. The molecule has 0 aliphatic rings. The highest BCUT2D eigenvalue weighted by Gasteiger charge is 2.20. The zero-order chi connectivity index (χ0) is 13.3. The Balaban J connectivity index is 2.36. The Kier molecular flexibility index (Phi) is 3.40. The number of rotatable bonds is 3. The number of benzene rings is 1. The van der Waals surface area contributed by atoms with Gasteiger partial charge in [-0.1, -0.05) is 11.2 Å². The minimum absolute atomic E-state index is 0.0447. The van der Waals surface area contributed by atoms with Gasteiger partial charge in [0, 0.05) is 0 Å². The quantitative estimate of drug-likeness (QED) is 0.936. The van der Waals surface area contributed by atoms with Crippen molar-refractivity contribution in [2.45, 2.75) is 11.8 Å². The molecule has 0 bridgehead atoms. The molecule has 96 valence electrons. The monoisotopic (exact) mass is 334 g/mol. The number of hydrogen-bond donors (Lipinski definition) is 1. The van der Waals surface area contributed by atoms with Crippen LogP contribution in [0.5, 0.6) is 0 Å². The van der Waals surface area contributed by atoms with Crippen LogP contribution in [0.3, 0.4) is 0 Å². The number of aromatic nitrogens is 1. The molecule has 18 heavy (non-hydrogen) atoms. The fraction of sp³-hybridized carbons (Fsp3) is 0.100. The Bertz CT molecular complexity index is 684. The Morgan fingerprint density at radius 2 is 2.17 bits per heavy atom. The molecule has 2 rings (SSSR count). The van der Waals surface area contributed by atoms with Gasteiger partial charge in [0.15, 0.2) is 0 Å². The van der Waals surface area contributed by atoms with Gasteiger partial charge in [0.05, 0.1) is 10.6 Å². The maximum absolute atomic E-state index is 13.0. The molecule has 0 atom stereocenters. The fourth-order valence-electron chi connectivity index (χ4n) is 1.24. The number of hydrogen-bond acceptors (Lipinski definition) is 4. The summed E-state index contributed by atoms with van der Waals surface area (Å²) in [4.78, 5) is -0.191. The average molecular weight is 335 g/mol. The van der Waals surface area contributed by atoms with Crippen molar-refractivity contribution in [1.82, 2.24) is 5.16 Å². The lowest BCUT2D eigenvalue weighted by Gasteiger charge is -2.05. The third kappa shape index (κ3) is 2.54. The number of sulfonamides is 1. The molecule has 1 heterocycles. The van der Waals surface area contributed by atoms with Crippen molar-refractivity contribution in [2.75, 3.05) is 4.72 Å². The van der Waals surface area contributed by atoms with Crippen LogP contribution >= 0.6 is 15.9 Å². The van der Waals surface area contributed by atoms with Gasteiger partial charge in [-0.25, -0.2) is 17.5 Å². The zero-order valence-electron chi connectivity index (χ0n) is 9.15. The maximum atomic E-state index is 13.0. The summed E-state index contributed by atoms with van der Waals surface area (Å²) in [5.41, 5.74) is 0.506. The molecule has 1 aromatic carbocycles. The van der Waals surface area contributed by atoms with Crippen molar-refractivity contribution in [1.29, 1.82) is 0 Å². The topological polar surface area (TPSA) is 72.2 Å². The van der Waals surface area contributed by atoms with Crippen molar-refractivity contribution < 1.29 is 17.3 Å². The van der Waals surface area contributed by atoms with E-state index in [0.717, 1.165) is 12.1 Å². The standard InChI is InChI=1S/C10H8BrFN2O3S/c1-6-9(11)10(17-13-6)14-18(15,16)8-4-2-3-7(12)5-8/h2-5,14H,1H3. The minimum Gasteiger partial charge on any atom is -0.336 e. The van der Waals surface area contributed by atoms with Gasteiger partial charge >= 0.3 is 0 Å². The Labute approximate surface area is 111 Å². The zero-order valence-corrected chi connectivity index (χ0v) is 11.5. The molecule has 0 spiro atoms. The molecule has 0 amide bonds. The second kappa shape index (κ2) is 4.69. The molecule has 1 aromatic heterocycles. The van der Waals surface area contributed by atoms with Crippen molar-refractivity contribution in [3.8, 4) is 0 Å². The summed E-state index contributed by atoms with van der Waals surface area (Å²) in [5.74, 6) is -0.678. The summed E-state index contributed by atoms with van der Waals surface area (Å²) >= 11 is 3.13. The SMILES string of the molecule is Cc1noc(NS(=O)(=O)c2cccc(F)c2)c1Br. The number of nitrogens with one attached hydrogen (secondary N) is 1. The first kappa shape index (κ1) is 13.0. The predicted octanol–water partition coefficient (Wildman–Crippen LogP) is 2.69. The molecule has 0 saturated heterocycles. The lowest BCUT2D eigenvalue weighted by molar-refractivity contribution is 0.430. The average Bonchev–Trinajstić information content (AvgIpc) is 2.61. The number of anilines is 1. The molecule has 5 nitrogen and oxygen atoms in total. The van der Waals surface area contributed by atoms with Crippen LogP contribution in [0.15, 0.2) is 38.2 Å². The third-order valence-electron chi connectivity index (χ3n) is 2.12. The molecular formula is C10H8BrFN2O3S. The van der Waals surface area contributed by atoms with Crippen LogP contribution in [0, 0.1) is 12.7 Å². The highest BCUT2D eigenvalue weighted by Crippen LogP contribution is 2.27. The first-order chi connectivity index (χ1) is 8.40. The van der Waals surface area contributed by atoms with Crippen LogP contribution < -0.4 is 4.72 Å². The van der Waals surface area contributed by atoms with Crippen LogP contribution in [0.1, 0.15) is 5.69 Å². The Morgan fingerprint density at radius 1 is 1.44 bits per heavy atom. The van der Waals surface area contributed by atoms with Crippen molar-refractivity contribution >= 4 is 31.8 Å². The summed E-state index contributed by atoms with van der Waals surface area (Å²) in [6.45, 7) is 1.65. The lowest BCUT2D eigenvalue weighted by Crippen LogP contribution is -2.12. The van der Waals surface area contributed by atoms with E-state index in [1.54, 1.807) is 6.92 Å². The van der Waals surface area contributed by atoms with Crippen LogP contribution in [0.4, 0.5) is 10.3 Å².